The monoisotopic (exact) mass is 355 g/mol. The smallest absolute Gasteiger partial charge is 0.119 e. The predicted molar refractivity (Wildman–Crippen MR) is 97.7 cm³/mol. The van der Waals surface area contributed by atoms with E-state index in [9.17, 15) is 5.11 Å². The number of ether oxygens (including phenoxy) is 2. The van der Waals surface area contributed by atoms with Gasteiger partial charge in [0.05, 0.1) is 19.3 Å². The largest absolute Gasteiger partial charge is 0.491 e. The molecule has 1 aromatic rings. The van der Waals surface area contributed by atoms with Gasteiger partial charge in [-0.2, -0.15) is 0 Å². The topological polar surface area (TPSA) is 50.7 Å². The zero-order chi connectivity index (χ0) is 17.4. The highest BCUT2D eigenvalue weighted by molar-refractivity contribution is 6.30. The summed E-state index contributed by atoms with van der Waals surface area (Å²) in [4.78, 5) is 0. The second kappa shape index (κ2) is 10.2. The summed E-state index contributed by atoms with van der Waals surface area (Å²) >= 11 is 5.82. The fourth-order valence-corrected chi connectivity index (χ4v) is 3.31. The van der Waals surface area contributed by atoms with Gasteiger partial charge in [-0.1, -0.05) is 38.3 Å². The molecule has 1 aromatic carbocycles. The van der Waals surface area contributed by atoms with Crippen LogP contribution in [0.2, 0.25) is 5.02 Å². The maximum Gasteiger partial charge on any atom is 0.119 e. The first-order valence-electron chi connectivity index (χ1n) is 8.94. The second-order valence-corrected chi connectivity index (χ2v) is 7.25. The minimum Gasteiger partial charge on any atom is -0.491 e. The first-order chi connectivity index (χ1) is 11.6. The molecule has 1 aliphatic carbocycles. The van der Waals surface area contributed by atoms with Gasteiger partial charge in [0, 0.05) is 17.6 Å². The van der Waals surface area contributed by atoms with Gasteiger partial charge in [0.15, 0.2) is 0 Å². The molecule has 4 nitrogen and oxygen atoms in total. The molecule has 24 heavy (non-hydrogen) atoms. The van der Waals surface area contributed by atoms with Crippen LogP contribution in [0.4, 0.5) is 0 Å². The molecule has 136 valence electrons. The number of halogens is 1. The molecule has 1 aliphatic rings. The van der Waals surface area contributed by atoms with E-state index in [-0.39, 0.29) is 0 Å². The Bertz CT molecular complexity index is 468. The number of benzene rings is 1. The Morgan fingerprint density at radius 2 is 1.96 bits per heavy atom. The van der Waals surface area contributed by atoms with Gasteiger partial charge >= 0.3 is 0 Å². The highest BCUT2D eigenvalue weighted by Gasteiger charge is 2.26. The van der Waals surface area contributed by atoms with E-state index in [0.29, 0.717) is 43.3 Å². The number of aliphatic hydroxyl groups is 1. The third-order valence-electron chi connectivity index (χ3n) is 4.94. The van der Waals surface area contributed by atoms with Crippen LogP contribution < -0.4 is 10.1 Å². The highest BCUT2D eigenvalue weighted by atomic mass is 35.5. The summed E-state index contributed by atoms with van der Waals surface area (Å²) in [5.41, 5.74) is 0. The molecular weight excluding hydrogens is 326 g/mol. The Balaban J connectivity index is 1.53. The number of hydrogen-bond donors (Lipinski definition) is 2. The van der Waals surface area contributed by atoms with Crippen molar-refractivity contribution in [1.29, 1.82) is 0 Å². The molecule has 0 saturated heterocycles. The predicted octanol–water partition coefficient (Wildman–Crippen LogP) is 3.51. The van der Waals surface area contributed by atoms with E-state index in [1.54, 1.807) is 12.1 Å². The van der Waals surface area contributed by atoms with Crippen molar-refractivity contribution < 1.29 is 14.6 Å². The van der Waals surface area contributed by atoms with Gasteiger partial charge in [-0.05, 0) is 42.5 Å². The quantitative estimate of drug-likeness (QED) is 0.665. The molecule has 1 saturated carbocycles. The van der Waals surface area contributed by atoms with E-state index < -0.39 is 6.10 Å². The molecule has 4 atom stereocenters. The van der Waals surface area contributed by atoms with Crippen LogP contribution in [-0.2, 0) is 4.74 Å². The molecule has 0 amide bonds. The van der Waals surface area contributed by atoms with E-state index in [2.05, 4.69) is 19.2 Å². The Morgan fingerprint density at radius 3 is 2.71 bits per heavy atom. The number of aliphatic hydroxyl groups excluding tert-OH is 1. The van der Waals surface area contributed by atoms with Crippen molar-refractivity contribution in [3.8, 4) is 5.75 Å². The normalized spacial score (nSPS) is 25.4. The molecular formula is C19H30ClNO3. The molecule has 0 aliphatic heterocycles. The Kier molecular flexibility index (Phi) is 8.33. The number of nitrogens with one attached hydrogen (secondary N) is 1. The zero-order valence-electron chi connectivity index (χ0n) is 14.7. The average Bonchev–Trinajstić information content (AvgIpc) is 2.57. The fraction of sp³-hybridized carbons (Fsp3) is 0.684. The number of hydrogen-bond acceptors (Lipinski definition) is 4. The summed E-state index contributed by atoms with van der Waals surface area (Å²) < 4.78 is 11.0. The molecule has 5 heteroatoms. The van der Waals surface area contributed by atoms with Crippen LogP contribution in [0, 0.1) is 11.8 Å². The van der Waals surface area contributed by atoms with E-state index in [1.165, 1.54) is 19.3 Å². The lowest BCUT2D eigenvalue weighted by Crippen LogP contribution is -2.44. The SMILES string of the molecule is C[C@H]1[C@H](C)CCC[C@@H]1NC[C@@H](O)COCCOc1ccc(Cl)cc1. The highest BCUT2D eigenvalue weighted by Crippen LogP contribution is 2.29. The van der Waals surface area contributed by atoms with Gasteiger partial charge in [-0.15, -0.1) is 0 Å². The molecule has 0 spiro atoms. The van der Waals surface area contributed by atoms with Gasteiger partial charge in [0.1, 0.15) is 12.4 Å². The lowest BCUT2D eigenvalue weighted by molar-refractivity contribution is 0.0217. The maximum atomic E-state index is 10.0. The minimum atomic E-state index is -0.482. The van der Waals surface area contributed by atoms with E-state index in [1.807, 2.05) is 12.1 Å². The summed E-state index contributed by atoms with van der Waals surface area (Å²) in [6, 6.07) is 7.75. The summed E-state index contributed by atoms with van der Waals surface area (Å²) in [5, 5.41) is 14.2. The van der Waals surface area contributed by atoms with Gasteiger partial charge in [0.2, 0.25) is 0 Å². The van der Waals surface area contributed by atoms with Crippen LogP contribution in [0.3, 0.4) is 0 Å². The van der Waals surface area contributed by atoms with Crippen LogP contribution in [0.1, 0.15) is 33.1 Å². The Hall–Kier alpha value is -0.810. The van der Waals surface area contributed by atoms with E-state index in [0.717, 1.165) is 11.7 Å². The van der Waals surface area contributed by atoms with Crippen molar-refractivity contribution in [3.63, 3.8) is 0 Å². The van der Waals surface area contributed by atoms with E-state index in [4.69, 9.17) is 21.1 Å². The molecule has 2 N–H and O–H groups in total. The summed E-state index contributed by atoms with van der Waals surface area (Å²) in [5.74, 6) is 2.19. The lowest BCUT2D eigenvalue weighted by Gasteiger charge is -2.35. The van der Waals surface area contributed by atoms with Crippen LogP contribution in [0.5, 0.6) is 5.75 Å². The third kappa shape index (κ3) is 6.60. The Morgan fingerprint density at radius 1 is 1.21 bits per heavy atom. The molecule has 0 heterocycles. The van der Waals surface area contributed by atoms with Crippen LogP contribution in [0.15, 0.2) is 24.3 Å². The number of rotatable bonds is 9. The molecule has 0 unspecified atom stereocenters. The van der Waals surface area contributed by atoms with Gasteiger partial charge < -0.3 is 19.9 Å². The van der Waals surface area contributed by atoms with Crippen molar-refractivity contribution in [2.45, 2.75) is 45.3 Å². The average molecular weight is 356 g/mol. The maximum absolute atomic E-state index is 10.0. The van der Waals surface area contributed by atoms with Crippen molar-refractivity contribution in [1.82, 2.24) is 5.32 Å². The molecule has 0 bridgehead atoms. The van der Waals surface area contributed by atoms with Crippen LogP contribution in [0.25, 0.3) is 0 Å². The van der Waals surface area contributed by atoms with Crippen molar-refractivity contribution in [2.75, 3.05) is 26.4 Å². The third-order valence-corrected chi connectivity index (χ3v) is 5.19. The molecule has 0 radical (unpaired) electrons. The molecule has 0 aromatic heterocycles. The fourth-order valence-electron chi connectivity index (χ4n) is 3.19. The van der Waals surface area contributed by atoms with Crippen molar-refractivity contribution in [2.24, 2.45) is 11.8 Å². The van der Waals surface area contributed by atoms with Crippen molar-refractivity contribution >= 4 is 11.6 Å². The first kappa shape index (κ1) is 19.5. The van der Waals surface area contributed by atoms with Crippen LogP contribution >= 0.6 is 11.6 Å². The van der Waals surface area contributed by atoms with E-state index >= 15 is 0 Å². The van der Waals surface area contributed by atoms with Gasteiger partial charge in [-0.3, -0.25) is 0 Å². The summed E-state index contributed by atoms with van der Waals surface area (Å²) in [7, 11) is 0. The van der Waals surface area contributed by atoms with Gasteiger partial charge in [-0.25, -0.2) is 0 Å². The van der Waals surface area contributed by atoms with Crippen LogP contribution in [-0.4, -0.2) is 43.6 Å². The second-order valence-electron chi connectivity index (χ2n) is 6.81. The summed E-state index contributed by atoms with van der Waals surface area (Å²) in [6.07, 6.45) is 3.31. The lowest BCUT2D eigenvalue weighted by atomic mass is 9.78. The molecule has 1 fully saturated rings. The zero-order valence-corrected chi connectivity index (χ0v) is 15.5. The van der Waals surface area contributed by atoms with Gasteiger partial charge in [0.25, 0.3) is 0 Å². The minimum absolute atomic E-state index is 0.327. The standard InChI is InChI=1S/C19H30ClNO3/c1-14-4-3-5-19(15(14)2)21-12-17(22)13-23-10-11-24-18-8-6-16(20)7-9-18/h6-9,14-15,17,19,21-22H,3-5,10-13H2,1-2H3/t14-,15+,17-,19+/m1/s1. The Labute approximate surface area is 150 Å². The summed E-state index contributed by atoms with van der Waals surface area (Å²) in [6.45, 7) is 6.44. The van der Waals surface area contributed by atoms with Crippen molar-refractivity contribution in [3.05, 3.63) is 29.3 Å². The first-order valence-corrected chi connectivity index (χ1v) is 9.31. The molecule has 2 rings (SSSR count).